The molecule has 0 radical (unpaired) electrons. The minimum absolute atomic E-state index is 0.167. The number of halogens is 1. The van der Waals surface area contributed by atoms with Crippen molar-refractivity contribution in [3.8, 4) is 0 Å². The number of aromatic nitrogens is 1. The molecule has 15 heavy (non-hydrogen) atoms. The van der Waals surface area contributed by atoms with E-state index < -0.39 is 0 Å². The van der Waals surface area contributed by atoms with Crippen LogP contribution in [0.25, 0.3) is 0 Å². The molecular weight excluding hydrogens is 260 g/mol. The zero-order valence-corrected chi connectivity index (χ0v) is 10.5. The molecule has 5 heteroatoms. The molecule has 0 spiro atoms. The molecule has 1 amide bonds. The first-order valence-corrected chi connectivity index (χ1v) is 6.09. The summed E-state index contributed by atoms with van der Waals surface area (Å²) in [6.45, 7) is 3.81. The fourth-order valence-electron chi connectivity index (χ4n) is 1.24. The molecule has 0 fully saturated rings. The summed E-state index contributed by atoms with van der Waals surface area (Å²) < 4.78 is 4.84. The first-order chi connectivity index (χ1) is 7.17. The lowest BCUT2D eigenvalue weighted by atomic mass is 10.1. The zero-order chi connectivity index (χ0) is 11.3. The number of carbonyl (C=O) groups excluding carboxylic acids is 1. The van der Waals surface area contributed by atoms with Crippen LogP contribution in [0.3, 0.4) is 0 Å². The van der Waals surface area contributed by atoms with Crippen molar-refractivity contribution in [3.63, 3.8) is 0 Å². The standard InChI is InChI=1S/C10H15BrN2O2/c1-3-8(4-5-11)12-10(14)9-6-7(2)15-13-9/h6,8H,3-5H2,1-2H3,(H,12,14). The minimum atomic E-state index is -0.167. The molecule has 0 aliphatic carbocycles. The van der Waals surface area contributed by atoms with Gasteiger partial charge in [-0.1, -0.05) is 28.0 Å². The van der Waals surface area contributed by atoms with Gasteiger partial charge in [-0.05, 0) is 19.8 Å². The molecule has 1 atom stereocenters. The number of hydrogen-bond acceptors (Lipinski definition) is 3. The highest BCUT2D eigenvalue weighted by atomic mass is 79.9. The number of alkyl halides is 1. The van der Waals surface area contributed by atoms with E-state index in [9.17, 15) is 4.79 Å². The number of nitrogens with one attached hydrogen (secondary N) is 1. The fourth-order valence-corrected chi connectivity index (χ4v) is 1.80. The molecule has 0 aliphatic rings. The Kier molecular flexibility index (Phi) is 4.81. The van der Waals surface area contributed by atoms with Crippen LogP contribution < -0.4 is 5.32 Å². The first-order valence-electron chi connectivity index (χ1n) is 4.97. The predicted molar refractivity (Wildman–Crippen MR) is 61.2 cm³/mol. The average molecular weight is 275 g/mol. The Morgan fingerprint density at radius 3 is 2.93 bits per heavy atom. The maximum Gasteiger partial charge on any atom is 0.273 e. The second kappa shape index (κ2) is 5.90. The van der Waals surface area contributed by atoms with Gasteiger partial charge in [-0.15, -0.1) is 0 Å². The number of rotatable bonds is 5. The summed E-state index contributed by atoms with van der Waals surface area (Å²) in [6.07, 6.45) is 1.83. The SMILES string of the molecule is CCC(CCBr)NC(=O)c1cc(C)on1. The van der Waals surface area contributed by atoms with Crippen LogP contribution in [-0.2, 0) is 0 Å². The van der Waals surface area contributed by atoms with Crippen LogP contribution >= 0.6 is 15.9 Å². The van der Waals surface area contributed by atoms with Gasteiger partial charge in [-0.3, -0.25) is 4.79 Å². The van der Waals surface area contributed by atoms with Crippen LogP contribution in [0.1, 0.15) is 36.0 Å². The normalized spacial score (nSPS) is 12.5. The number of aryl methyl sites for hydroxylation is 1. The van der Waals surface area contributed by atoms with Crippen LogP contribution in [-0.4, -0.2) is 22.4 Å². The summed E-state index contributed by atoms with van der Waals surface area (Å²) in [5, 5.41) is 7.45. The van der Waals surface area contributed by atoms with Crippen molar-refractivity contribution >= 4 is 21.8 Å². The topological polar surface area (TPSA) is 55.1 Å². The molecule has 0 bridgehead atoms. The fraction of sp³-hybridized carbons (Fsp3) is 0.600. The van der Waals surface area contributed by atoms with Crippen molar-refractivity contribution in [2.75, 3.05) is 5.33 Å². The van der Waals surface area contributed by atoms with E-state index in [1.54, 1.807) is 13.0 Å². The van der Waals surface area contributed by atoms with E-state index in [0.29, 0.717) is 11.5 Å². The average Bonchev–Trinajstić information content (AvgIpc) is 2.64. The lowest BCUT2D eigenvalue weighted by Crippen LogP contribution is -2.34. The van der Waals surface area contributed by atoms with E-state index >= 15 is 0 Å². The van der Waals surface area contributed by atoms with Crippen LogP contribution in [0.15, 0.2) is 10.6 Å². The molecule has 1 aromatic rings. The van der Waals surface area contributed by atoms with Gasteiger partial charge in [-0.2, -0.15) is 0 Å². The van der Waals surface area contributed by atoms with E-state index in [0.717, 1.165) is 18.2 Å². The van der Waals surface area contributed by atoms with Gasteiger partial charge in [0.15, 0.2) is 5.69 Å². The zero-order valence-electron chi connectivity index (χ0n) is 8.92. The Labute approximate surface area is 97.5 Å². The predicted octanol–water partition coefficient (Wildman–Crippen LogP) is 2.28. The summed E-state index contributed by atoms with van der Waals surface area (Å²) >= 11 is 3.36. The molecule has 1 unspecified atom stereocenters. The van der Waals surface area contributed by atoms with Crippen molar-refractivity contribution in [1.82, 2.24) is 10.5 Å². The smallest absolute Gasteiger partial charge is 0.273 e. The van der Waals surface area contributed by atoms with Crippen molar-refractivity contribution in [2.45, 2.75) is 32.7 Å². The van der Waals surface area contributed by atoms with Gasteiger partial charge in [-0.25, -0.2) is 0 Å². The van der Waals surface area contributed by atoms with E-state index in [1.165, 1.54) is 0 Å². The molecule has 4 nitrogen and oxygen atoms in total. The molecule has 1 N–H and O–H groups in total. The van der Waals surface area contributed by atoms with Crippen molar-refractivity contribution in [3.05, 3.63) is 17.5 Å². The summed E-state index contributed by atoms with van der Waals surface area (Å²) in [6, 6.07) is 1.82. The van der Waals surface area contributed by atoms with E-state index in [2.05, 4.69) is 26.4 Å². The van der Waals surface area contributed by atoms with Gasteiger partial charge in [0.05, 0.1) is 0 Å². The van der Waals surface area contributed by atoms with Crippen molar-refractivity contribution in [2.24, 2.45) is 0 Å². The summed E-state index contributed by atoms with van der Waals surface area (Å²) in [5.41, 5.74) is 0.348. The van der Waals surface area contributed by atoms with E-state index in [-0.39, 0.29) is 11.9 Å². The third-order valence-electron chi connectivity index (χ3n) is 2.15. The molecule has 1 rings (SSSR count). The minimum Gasteiger partial charge on any atom is -0.361 e. The monoisotopic (exact) mass is 274 g/mol. The quantitative estimate of drug-likeness (QED) is 0.839. The molecule has 0 aliphatic heterocycles. The molecule has 1 heterocycles. The van der Waals surface area contributed by atoms with Gasteiger partial charge in [0.2, 0.25) is 0 Å². The Morgan fingerprint density at radius 1 is 1.73 bits per heavy atom. The number of hydrogen-bond donors (Lipinski definition) is 1. The number of amides is 1. The molecular formula is C10H15BrN2O2. The highest BCUT2D eigenvalue weighted by Gasteiger charge is 2.14. The number of nitrogens with zero attached hydrogens (tertiary/aromatic N) is 1. The highest BCUT2D eigenvalue weighted by molar-refractivity contribution is 9.09. The van der Waals surface area contributed by atoms with Crippen molar-refractivity contribution in [1.29, 1.82) is 0 Å². The van der Waals surface area contributed by atoms with Gasteiger partial charge < -0.3 is 9.84 Å². The molecule has 0 aromatic carbocycles. The van der Waals surface area contributed by atoms with E-state index in [4.69, 9.17) is 4.52 Å². The van der Waals surface area contributed by atoms with Crippen molar-refractivity contribution < 1.29 is 9.32 Å². The van der Waals surface area contributed by atoms with Gasteiger partial charge >= 0.3 is 0 Å². The highest BCUT2D eigenvalue weighted by Crippen LogP contribution is 2.05. The largest absolute Gasteiger partial charge is 0.361 e. The third kappa shape index (κ3) is 3.66. The van der Waals surface area contributed by atoms with Crippen LogP contribution in [0.2, 0.25) is 0 Å². The number of carbonyl (C=O) groups is 1. The maximum absolute atomic E-state index is 11.7. The molecule has 0 saturated heterocycles. The van der Waals surface area contributed by atoms with E-state index in [1.807, 2.05) is 6.92 Å². The Balaban J connectivity index is 2.54. The molecule has 1 aromatic heterocycles. The maximum atomic E-state index is 11.7. The molecule has 0 saturated carbocycles. The van der Waals surface area contributed by atoms with Gasteiger partial charge in [0, 0.05) is 17.4 Å². The van der Waals surface area contributed by atoms with Gasteiger partial charge in [0.25, 0.3) is 5.91 Å². The lowest BCUT2D eigenvalue weighted by molar-refractivity contribution is 0.0926. The lowest BCUT2D eigenvalue weighted by Gasteiger charge is -2.14. The Bertz CT molecular complexity index is 325. The first kappa shape index (κ1) is 12.2. The second-order valence-electron chi connectivity index (χ2n) is 3.38. The Morgan fingerprint density at radius 2 is 2.47 bits per heavy atom. The van der Waals surface area contributed by atoms with Crippen LogP contribution in [0.5, 0.6) is 0 Å². The second-order valence-corrected chi connectivity index (χ2v) is 4.17. The van der Waals surface area contributed by atoms with Crippen LogP contribution in [0.4, 0.5) is 0 Å². The summed E-state index contributed by atoms with van der Waals surface area (Å²) in [7, 11) is 0. The van der Waals surface area contributed by atoms with Crippen LogP contribution in [0, 0.1) is 6.92 Å². The third-order valence-corrected chi connectivity index (χ3v) is 2.60. The molecule has 84 valence electrons. The summed E-state index contributed by atoms with van der Waals surface area (Å²) in [4.78, 5) is 11.7. The summed E-state index contributed by atoms with van der Waals surface area (Å²) in [5.74, 6) is 0.480. The van der Waals surface area contributed by atoms with Gasteiger partial charge in [0.1, 0.15) is 5.76 Å². The Hall–Kier alpha value is -0.840.